The molecule has 0 atom stereocenters. The van der Waals surface area contributed by atoms with Gasteiger partial charge in [0.1, 0.15) is 6.54 Å². The highest BCUT2D eigenvalue weighted by Crippen LogP contribution is 2.26. The Morgan fingerprint density at radius 3 is 1.97 bits per heavy atom. The summed E-state index contributed by atoms with van der Waals surface area (Å²) in [6.45, 7) is 0.208. The molecule has 38 heavy (non-hydrogen) atoms. The van der Waals surface area contributed by atoms with E-state index >= 15 is 0 Å². The van der Waals surface area contributed by atoms with Gasteiger partial charge in [-0.3, -0.25) is 9.36 Å². The second-order valence-electron chi connectivity index (χ2n) is 8.96. The van der Waals surface area contributed by atoms with Crippen molar-refractivity contribution in [2.45, 2.75) is 23.9 Å². The molecule has 0 amide bonds. The Morgan fingerprint density at radius 2 is 1.26 bits per heavy atom. The largest absolute Gasteiger partial charge is 0.275 e. The molecule has 7 heteroatoms. The van der Waals surface area contributed by atoms with Crippen LogP contribution in [0.1, 0.15) is 22.6 Å². The van der Waals surface area contributed by atoms with Crippen LogP contribution >= 0.6 is 11.8 Å². The Kier molecular flexibility index (Phi) is 6.83. The predicted octanol–water partition coefficient (Wildman–Crippen LogP) is 5.91. The maximum atomic E-state index is 13.5. The van der Waals surface area contributed by atoms with Crippen LogP contribution in [0.15, 0.2) is 125 Å². The Bertz CT molecular complexity index is 1730. The van der Waals surface area contributed by atoms with Gasteiger partial charge >= 0.3 is 0 Å². The molecule has 2 heterocycles. The number of aromatic nitrogens is 5. The molecule has 0 aliphatic heterocycles. The monoisotopic (exact) mass is 515 g/mol. The standard InChI is InChI=1S/C31H25N5OS/c37-30-27-19-11-10-18-26(27)28(20-23-12-4-1-5-13-23)34-35(30)21-29-32-33-31(36(29)25-16-8-3-9-17-25)38-22-24-14-6-2-7-15-24/h1-19H,20-22H2. The summed E-state index contributed by atoms with van der Waals surface area (Å²) in [5.41, 5.74) is 4.01. The first-order valence-corrected chi connectivity index (χ1v) is 13.4. The molecule has 0 N–H and O–H groups in total. The van der Waals surface area contributed by atoms with E-state index < -0.39 is 0 Å². The Hall–Kier alpha value is -4.49. The first-order chi connectivity index (χ1) is 18.8. The fourth-order valence-electron chi connectivity index (χ4n) is 4.52. The third-order valence-corrected chi connectivity index (χ3v) is 7.38. The second kappa shape index (κ2) is 10.9. The van der Waals surface area contributed by atoms with Crippen molar-refractivity contribution in [3.8, 4) is 5.69 Å². The molecule has 0 radical (unpaired) electrons. The Morgan fingerprint density at radius 1 is 0.658 bits per heavy atom. The van der Waals surface area contributed by atoms with Crippen molar-refractivity contribution < 1.29 is 0 Å². The van der Waals surface area contributed by atoms with E-state index in [2.05, 4.69) is 34.5 Å². The van der Waals surface area contributed by atoms with Gasteiger partial charge in [0, 0.05) is 23.2 Å². The SMILES string of the molecule is O=c1c2ccccc2c(Cc2ccccc2)nn1Cc1nnc(SCc2ccccc2)n1-c1ccccc1. The molecule has 6 aromatic rings. The van der Waals surface area contributed by atoms with Crippen LogP contribution in [0, 0.1) is 0 Å². The van der Waals surface area contributed by atoms with E-state index in [4.69, 9.17) is 5.10 Å². The van der Waals surface area contributed by atoms with E-state index in [0.29, 0.717) is 17.6 Å². The van der Waals surface area contributed by atoms with E-state index in [1.807, 2.05) is 95.6 Å². The van der Waals surface area contributed by atoms with Gasteiger partial charge in [-0.1, -0.05) is 109 Å². The lowest BCUT2D eigenvalue weighted by atomic mass is 10.0. The molecule has 4 aromatic carbocycles. The van der Waals surface area contributed by atoms with E-state index in [1.54, 1.807) is 11.8 Å². The molecule has 0 spiro atoms. The van der Waals surface area contributed by atoms with Crippen LogP contribution in [-0.4, -0.2) is 24.5 Å². The third kappa shape index (κ3) is 5.01. The van der Waals surface area contributed by atoms with Crippen molar-refractivity contribution in [2.24, 2.45) is 0 Å². The molecule has 0 saturated heterocycles. The summed E-state index contributed by atoms with van der Waals surface area (Å²) in [6, 6.07) is 38.2. The van der Waals surface area contributed by atoms with Crippen LogP contribution < -0.4 is 5.56 Å². The third-order valence-electron chi connectivity index (χ3n) is 6.38. The molecule has 0 unspecified atom stereocenters. The molecule has 0 bridgehead atoms. The second-order valence-corrected chi connectivity index (χ2v) is 9.90. The van der Waals surface area contributed by atoms with Crippen molar-refractivity contribution in [1.29, 1.82) is 0 Å². The summed E-state index contributed by atoms with van der Waals surface area (Å²) in [5, 5.41) is 16.2. The van der Waals surface area contributed by atoms with E-state index in [0.717, 1.165) is 33.2 Å². The first kappa shape index (κ1) is 23.9. The average Bonchev–Trinajstić information content (AvgIpc) is 3.38. The Labute approximate surface area is 224 Å². The summed E-state index contributed by atoms with van der Waals surface area (Å²) < 4.78 is 3.55. The van der Waals surface area contributed by atoms with Gasteiger partial charge in [0.05, 0.1) is 11.1 Å². The number of benzene rings is 4. The topological polar surface area (TPSA) is 65.6 Å². The summed E-state index contributed by atoms with van der Waals surface area (Å²) >= 11 is 1.62. The molecule has 0 fully saturated rings. The number of hydrogen-bond donors (Lipinski definition) is 0. The number of fused-ring (bicyclic) bond motifs is 1. The number of thioether (sulfide) groups is 1. The normalized spacial score (nSPS) is 11.2. The first-order valence-electron chi connectivity index (χ1n) is 12.5. The maximum absolute atomic E-state index is 13.5. The Balaban J connectivity index is 1.40. The van der Waals surface area contributed by atoms with Gasteiger partial charge in [-0.05, 0) is 29.3 Å². The van der Waals surface area contributed by atoms with E-state index in [9.17, 15) is 4.79 Å². The van der Waals surface area contributed by atoms with Crippen molar-refractivity contribution in [1.82, 2.24) is 24.5 Å². The van der Waals surface area contributed by atoms with Gasteiger partial charge in [-0.25, -0.2) is 4.68 Å². The molecule has 6 rings (SSSR count). The minimum absolute atomic E-state index is 0.140. The molecule has 6 nitrogen and oxygen atoms in total. The van der Waals surface area contributed by atoms with Gasteiger partial charge in [-0.15, -0.1) is 10.2 Å². The van der Waals surface area contributed by atoms with Gasteiger partial charge in [0.15, 0.2) is 11.0 Å². The van der Waals surface area contributed by atoms with Crippen LogP contribution in [0.25, 0.3) is 16.5 Å². The minimum Gasteiger partial charge on any atom is -0.272 e. The molecule has 0 aliphatic carbocycles. The zero-order valence-electron chi connectivity index (χ0n) is 20.6. The zero-order chi connectivity index (χ0) is 25.7. The zero-order valence-corrected chi connectivity index (χ0v) is 21.5. The highest BCUT2D eigenvalue weighted by molar-refractivity contribution is 7.98. The van der Waals surface area contributed by atoms with Crippen molar-refractivity contribution in [2.75, 3.05) is 0 Å². The lowest BCUT2D eigenvalue weighted by molar-refractivity contribution is 0.599. The molecule has 186 valence electrons. The van der Waals surface area contributed by atoms with Gasteiger partial charge < -0.3 is 0 Å². The van der Waals surface area contributed by atoms with Crippen LogP contribution in [0.2, 0.25) is 0 Å². The summed E-state index contributed by atoms with van der Waals surface area (Å²) in [4.78, 5) is 13.5. The molecule has 0 saturated carbocycles. The number of nitrogens with zero attached hydrogens (tertiary/aromatic N) is 5. The number of para-hydroxylation sites is 1. The van der Waals surface area contributed by atoms with Crippen LogP contribution in [0.5, 0.6) is 0 Å². The van der Waals surface area contributed by atoms with Gasteiger partial charge in [0.2, 0.25) is 0 Å². The lowest BCUT2D eigenvalue weighted by Gasteiger charge is -2.13. The average molecular weight is 516 g/mol. The number of hydrogen-bond acceptors (Lipinski definition) is 5. The van der Waals surface area contributed by atoms with Gasteiger partial charge in [-0.2, -0.15) is 5.10 Å². The highest BCUT2D eigenvalue weighted by Gasteiger charge is 2.18. The van der Waals surface area contributed by atoms with Crippen LogP contribution in [-0.2, 0) is 18.7 Å². The smallest absolute Gasteiger partial charge is 0.272 e. The summed E-state index contributed by atoms with van der Waals surface area (Å²) in [6.07, 6.45) is 0.630. The van der Waals surface area contributed by atoms with Crippen LogP contribution in [0.3, 0.4) is 0 Å². The molecule has 0 aliphatic rings. The fraction of sp³-hybridized carbons (Fsp3) is 0.0968. The minimum atomic E-state index is -0.140. The summed E-state index contributed by atoms with van der Waals surface area (Å²) in [7, 11) is 0. The molecule has 2 aromatic heterocycles. The van der Waals surface area contributed by atoms with Crippen molar-refractivity contribution in [3.63, 3.8) is 0 Å². The van der Waals surface area contributed by atoms with Crippen LogP contribution in [0.4, 0.5) is 0 Å². The number of rotatable bonds is 8. The molecular weight excluding hydrogens is 490 g/mol. The predicted molar refractivity (Wildman–Crippen MR) is 152 cm³/mol. The van der Waals surface area contributed by atoms with Gasteiger partial charge in [0.25, 0.3) is 5.56 Å². The lowest BCUT2D eigenvalue weighted by Crippen LogP contribution is -2.26. The van der Waals surface area contributed by atoms with E-state index in [-0.39, 0.29) is 12.1 Å². The quantitative estimate of drug-likeness (QED) is 0.236. The highest BCUT2D eigenvalue weighted by atomic mass is 32.2. The van der Waals surface area contributed by atoms with E-state index in [1.165, 1.54) is 10.2 Å². The fourth-order valence-corrected chi connectivity index (χ4v) is 5.45. The van der Waals surface area contributed by atoms with Crippen molar-refractivity contribution in [3.05, 3.63) is 148 Å². The molecular formula is C31H25N5OS. The summed E-state index contributed by atoms with van der Waals surface area (Å²) in [5.74, 6) is 1.42. The maximum Gasteiger partial charge on any atom is 0.275 e. The van der Waals surface area contributed by atoms with Crippen molar-refractivity contribution >= 4 is 22.5 Å².